The van der Waals surface area contributed by atoms with Crippen LogP contribution in [0.1, 0.15) is 25.7 Å². The lowest BCUT2D eigenvalue weighted by Gasteiger charge is -2.37. The van der Waals surface area contributed by atoms with Crippen molar-refractivity contribution in [2.75, 3.05) is 44.2 Å². The van der Waals surface area contributed by atoms with Crippen molar-refractivity contribution in [1.29, 1.82) is 0 Å². The molecule has 0 atom stereocenters. The van der Waals surface area contributed by atoms with Gasteiger partial charge in [-0.05, 0) is 25.0 Å². The smallest absolute Gasteiger partial charge is 0.242 e. The Kier molecular flexibility index (Phi) is 5.10. The van der Waals surface area contributed by atoms with Crippen LogP contribution < -0.4 is 4.90 Å². The fourth-order valence-electron chi connectivity index (χ4n) is 3.24. The number of anilines is 1. The van der Waals surface area contributed by atoms with E-state index in [2.05, 4.69) is 9.88 Å². The summed E-state index contributed by atoms with van der Waals surface area (Å²) >= 11 is 0. The maximum atomic E-state index is 12.5. The first kappa shape index (κ1) is 15.8. The highest BCUT2D eigenvalue weighted by atomic mass is 16.2. The Hall–Kier alpha value is -2.11. The van der Waals surface area contributed by atoms with Crippen molar-refractivity contribution in [2.24, 2.45) is 0 Å². The summed E-state index contributed by atoms with van der Waals surface area (Å²) in [6.07, 6.45) is 7.21. The van der Waals surface area contributed by atoms with E-state index in [0.29, 0.717) is 19.5 Å². The van der Waals surface area contributed by atoms with Crippen LogP contribution in [0.25, 0.3) is 0 Å². The maximum Gasteiger partial charge on any atom is 0.242 e. The lowest BCUT2D eigenvalue weighted by Crippen LogP contribution is -2.51. The third-order valence-corrected chi connectivity index (χ3v) is 4.66. The Morgan fingerprint density at radius 1 is 1.00 bits per heavy atom. The fourth-order valence-corrected chi connectivity index (χ4v) is 3.24. The van der Waals surface area contributed by atoms with Gasteiger partial charge in [0, 0.05) is 57.2 Å². The topological polar surface area (TPSA) is 56.8 Å². The van der Waals surface area contributed by atoms with Crippen LogP contribution in [0, 0.1) is 0 Å². The number of carbonyl (C=O) groups is 2. The number of carbonyl (C=O) groups excluding carboxylic acids is 2. The monoisotopic (exact) mass is 316 g/mol. The largest absolute Gasteiger partial charge is 0.368 e. The lowest BCUT2D eigenvalue weighted by molar-refractivity contribution is -0.140. The van der Waals surface area contributed by atoms with Crippen molar-refractivity contribution >= 4 is 17.5 Å². The van der Waals surface area contributed by atoms with Crippen LogP contribution in [0.4, 0.5) is 5.69 Å². The molecule has 3 rings (SSSR count). The van der Waals surface area contributed by atoms with E-state index in [1.807, 2.05) is 17.0 Å². The molecule has 2 amide bonds. The zero-order chi connectivity index (χ0) is 16.1. The van der Waals surface area contributed by atoms with Crippen molar-refractivity contribution in [3.05, 3.63) is 24.5 Å². The molecule has 0 spiro atoms. The standard InChI is InChI=1S/C17H24N4O2/c22-16-4-2-1-3-9-21(16)14-17(23)20-12-10-19(11-13-20)15-5-7-18-8-6-15/h5-8H,1-4,9-14H2. The van der Waals surface area contributed by atoms with Crippen LogP contribution >= 0.6 is 0 Å². The molecule has 0 radical (unpaired) electrons. The quantitative estimate of drug-likeness (QED) is 0.839. The number of likely N-dealkylation sites (tertiary alicyclic amines) is 1. The van der Waals surface area contributed by atoms with E-state index in [1.165, 1.54) is 0 Å². The van der Waals surface area contributed by atoms with Crippen LogP contribution in [0.3, 0.4) is 0 Å². The molecule has 2 saturated heterocycles. The third kappa shape index (κ3) is 4.00. The van der Waals surface area contributed by atoms with Gasteiger partial charge in [0.1, 0.15) is 0 Å². The second kappa shape index (κ2) is 7.44. The van der Waals surface area contributed by atoms with Crippen molar-refractivity contribution in [3.8, 4) is 0 Å². The van der Waals surface area contributed by atoms with Gasteiger partial charge in [-0.2, -0.15) is 0 Å². The van der Waals surface area contributed by atoms with Crippen LogP contribution in [-0.4, -0.2) is 65.9 Å². The SMILES string of the molecule is O=C(CN1CCCCCC1=O)N1CCN(c2ccncc2)CC1. The number of nitrogens with zero attached hydrogens (tertiary/aromatic N) is 4. The summed E-state index contributed by atoms with van der Waals surface area (Å²) < 4.78 is 0. The van der Waals surface area contributed by atoms with Crippen molar-refractivity contribution in [3.63, 3.8) is 0 Å². The summed E-state index contributed by atoms with van der Waals surface area (Å²) in [5.41, 5.74) is 1.15. The highest BCUT2D eigenvalue weighted by Gasteiger charge is 2.25. The van der Waals surface area contributed by atoms with Gasteiger partial charge in [0.25, 0.3) is 0 Å². The average molecular weight is 316 g/mol. The van der Waals surface area contributed by atoms with Gasteiger partial charge in [0.05, 0.1) is 6.54 Å². The molecule has 6 nitrogen and oxygen atoms in total. The zero-order valence-corrected chi connectivity index (χ0v) is 13.5. The summed E-state index contributed by atoms with van der Waals surface area (Å²) in [5, 5.41) is 0. The van der Waals surface area contributed by atoms with Gasteiger partial charge in [-0.1, -0.05) is 6.42 Å². The Morgan fingerprint density at radius 3 is 2.48 bits per heavy atom. The van der Waals surface area contributed by atoms with Gasteiger partial charge < -0.3 is 14.7 Å². The summed E-state index contributed by atoms with van der Waals surface area (Å²) in [6.45, 7) is 4.04. The molecule has 0 aliphatic carbocycles. The Labute approximate surface area is 137 Å². The third-order valence-electron chi connectivity index (χ3n) is 4.66. The molecule has 0 bridgehead atoms. The second-order valence-electron chi connectivity index (χ2n) is 6.20. The molecule has 0 N–H and O–H groups in total. The Morgan fingerprint density at radius 2 is 1.74 bits per heavy atom. The van der Waals surface area contributed by atoms with E-state index < -0.39 is 0 Å². The number of hydrogen-bond donors (Lipinski definition) is 0. The summed E-state index contributed by atoms with van der Waals surface area (Å²) in [4.78, 5) is 34.4. The minimum atomic E-state index is 0.0784. The Balaban J connectivity index is 1.51. The number of piperazine rings is 1. The number of aromatic nitrogens is 1. The van der Waals surface area contributed by atoms with E-state index in [0.717, 1.165) is 44.6 Å². The average Bonchev–Trinajstić information content (AvgIpc) is 2.80. The number of amides is 2. The first-order chi connectivity index (χ1) is 11.2. The number of hydrogen-bond acceptors (Lipinski definition) is 4. The molecular formula is C17H24N4O2. The normalized spacial score (nSPS) is 19.7. The molecule has 3 heterocycles. The zero-order valence-electron chi connectivity index (χ0n) is 13.5. The highest BCUT2D eigenvalue weighted by molar-refractivity contribution is 5.85. The van der Waals surface area contributed by atoms with Crippen LogP contribution in [0.5, 0.6) is 0 Å². The van der Waals surface area contributed by atoms with Crippen LogP contribution in [0.2, 0.25) is 0 Å². The molecule has 0 saturated carbocycles. The number of pyridine rings is 1. The van der Waals surface area contributed by atoms with Gasteiger partial charge in [-0.15, -0.1) is 0 Å². The molecule has 1 aromatic heterocycles. The van der Waals surface area contributed by atoms with Gasteiger partial charge in [-0.3, -0.25) is 14.6 Å². The molecule has 124 valence electrons. The second-order valence-corrected chi connectivity index (χ2v) is 6.20. The first-order valence-electron chi connectivity index (χ1n) is 8.44. The van der Waals surface area contributed by atoms with Crippen molar-refractivity contribution in [1.82, 2.24) is 14.8 Å². The Bertz CT molecular complexity index is 541. The highest BCUT2D eigenvalue weighted by Crippen LogP contribution is 2.16. The summed E-state index contributed by atoms with van der Waals surface area (Å²) in [7, 11) is 0. The van der Waals surface area contributed by atoms with E-state index in [9.17, 15) is 9.59 Å². The van der Waals surface area contributed by atoms with Gasteiger partial charge in [0.15, 0.2) is 0 Å². The molecule has 2 aliphatic heterocycles. The molecule has 1 aromatic rings. The molecule has 23 heavy (non-hydrogen) atoms. The predicted molar refractivity (Wildman–Crippen MR) is 88.1 cm³/mol. The van der Waals surface area contributed by atoms with Gasteiger partial charge in [0.2, 0.25) is 11.8 Å². The fraction of sp³-hybridized carbons (Fsp3) is 0.588. The van der Waals surface area contributed by atoms with Crippen molar-refractivity contribution in [2.45, 2.75) is 25.7 Å². The van der Waals surface area contributed by atoms with Crippen molar-refractivity contribution < 1.29 is 9.59 Å². The molecule has 2 aliphatic rings. The van der Waals surface area contributed by atoms with E-state index in [4.69, 9.17) is 0 Å². The molecule has 2 fully saturated rings. The lowest BCUT2D eigenvalue weighted by atomic mass is 10.2. The number of rotatable bonds is 3. The molecule has 6 heteroatoms. The van der Waals surface area contributed by atoms with E-state index in [1.54, 1.807) is 17.3 Å². The summed E-state index contributed by atoms with van der Waals surface area (Å²) in [6, 6.07) is 3.99. The minimum absolute atomic E-state index is 0.0784. The predicted octanol–water partition coefficient (Wildman–Crippen LogP) is 1.13. The molecule has 0 unspecified atom stereocenters. The van der Waals surface area contributed by atoms with E-state index in [-0.39, 0.29) is 18.4 Å². The molecule has 0 aromatic carbocycles. The first-order valence-corrected chi connectivity index (χ1v) is 8.44. The minimum Gasteiger partial charge on any atom is -0.368 e. The molecular weight excluding hydrogens is 292 g/mol. The van der Waals surface area contributed by atoms with Gasteiger partial charge in [-0.25, -0.2) is 0 Å². The summed E-state index contributed by atoms with van der Waals surface area (Å²) in [5.74, 6) is 0.209. The van der Waals surface area contributed by atoms with E-state index >= 15 is 0 Å². The van der Waals surface area contributed by atoms with Crippen LogP contribution in [0.15, 0.2) is 24.5 Å². The maximum absolute atomic E-state index is 12.5. The van der Waals surface area contributed by atoms with Crippen LogP contribution in [-0.2, 0) is 9.59 Å². The van der Waals surface area contributed by atoms with Gasteiger partial charge >= 0.3 is 0 Å².